The number of anilines is 1. The van der Waals surface area contributed by atoms with E-state index in [4.69, 9.17) is 11.6 Å². The van der Waals surface area contributed by atoms with Crippen LogP contribution in [0.4, 0.5) is 5.69 Å². The first-order valence-corrected chi connectivity index (χ1v) is 13.2. The molecule has 1 aliphatic carbocycles. The van der Waals surface area contributed by atoms with E-state index in [0.717, 1.165) is 30.2 Å². The third-order valence-electron chi connectivity index (χ3n) is 6.01. The van der Waals surface area contributed by atoms with Crippen LogP contribution in [-0.2, 0) is 29.4 Å². The van der Waals surface area contributed by atoms with Crippen LogP contribution in [0.25, 0.3) is 0 Å². The summed E-state index contributed by atoms with van der Waals surface area (Å²) >= 11 is 6.05. The van der Waals surface area contributed by atoms with Gasteiger partial charge in [0.15, 0.2) is 0 Å². The van der Waals surface area contributed by atoms with Crippen molar-refractivity contribution in [2.75, 3.05) is 10.6 Å². The lowest BCUT2D eigenvalue weighted by Crippen LogP contribution is -2.29. The summed E-state index contributed by atoms with van der Waals surface area (Å²) in [6.07, 6.45) is 4.60. The van der Waals surface area contributed by atoms with Crippen LogP contribution in [0.15, 0.2) is 66.7 Å². The van der Waals surface area contributed by atoms with Gasteiger partial charge in [-0.05, 0) is 78.8 Å². The number of amides is 1. The minimum atomic E-state index is -3.51. The third kappa shape index (κ3) is 5.57. The van der Waals surface area contributed by atoms with Gasteiger partial charge in [-0.3, -0.25) is 9.10 Å². The molecule has 33 heavy (non-hydrogen) atoms. The second-order valence-corrected chi connectivity index (χ2v) is 10.9. The van der Waals surface area contributed by atoms with E-state index in [2.05, 4.69) is 23.5 Å². The fourth-order valence-electron chi connectivity index (χ4n) is 4.18. The van der Waals surface area contributed by atoms with Crippen LogP contribution in [-0.4, -0.2) is 20.6 Å². The number of hydrogen-bond donors (Lipinski definition) is 1. The molecule has 1 aliphatic rings. The Balaban J connectivity index is 1.45. The number of nitrogens with one attached hydrogen (secondary N) is 1. The smallest absolute Gasteiger partial charge is 0.251 e. The molecule has 0 unspecified atom stereocenters. The van der Waals surface area contributed by atoms with Gasteiger partial charge in [-0.2, -0.15) is 0 Å². The minimum absolute atomic E-state index is 0.105. The van der Waals surface area contributed by atoms with E-state index in [1.807, 2.05) is 6.92 Å². The molecule has 1 atom stereocenters. The quantitative estimate of drug-likeness (QED) is 0.497. The molecule has 0 spiro atoms. The van der Waals surface area contributed by atoms with Gasteiger partial charge in [0.05, 0.1) is 24.5 Å². The first kappa shape index (κ1) is 23.3. The summed E-state index contributed by atoms with van der Waals surface area (Å²) in [7, 11) is -3.51. The minimum Gasteiger partial charge on any atom is -0.346 e. The number of aryl methyl sites for hydroxylation is 2. The molecule has 0 radical (unpaired) electrons. The van der Waals surface area contributed by atoms with Gasteiger partial charge in [0.2, 0.25) is 10.0 Å². The van der Waals surface area contributed by atoms with Crippen LogP contribution in [0.5, 0.6) is 0 Å². The van der Waals surface area contributed by atoms with E-state index >= 15 is 0 Å². The number of sulfonamides is 1. The highest BCUT2D eigenvalue weighted by atomic mass is 35.5. The van der Waals surface area contributed by atoms with Crippen LogP contribution in [0.3, 0.4) is 0 Å². The number of carbonyl (C=O) groups excluding carboxylic acids is 1. The largest absolute Gasteiger partial charge is 0.346 e. The van der Waals surface area contributed by atoms with Crippen molar-refractivity contribution in [3.63, 3.8) is 0 Å². The molecule has 0 bridgehead atoms. The Labute approximate surface area is 200 Å². The molecule has 1 amide bonds. The Kier molecular flexibility index (Phi) is 6.77. The fourth-order valence-corrected chi connectivity index (χ4v) is 5.25. The summed E-state index contributed by atoms with van der Waals surface area (Å²) in [5.41, 5.74) is 5.69. The molecule has 3 aromatic rings. The monoisotopic (exact) mass is 482 g/mol. The molecular weight excluding hydrogens is 456 g/mol. The zero-order valence-electron chi connectivity index (χ0n) is 18.7. The Bertz CT molecular complexity index is 1270. The lowest BCUT2D eigenvalue weighted by Gasteiger charge is -2.23. The molecule has 0 saturated carbocycles. The zero-order chi connectivity index (χ0) is 23.6. The number of carbonyl (C=O) groups is 1. The fraction of sp³-hybridized carbons (Fsp3) is 0.269. The Morgan fingerprint density at radius 1 is 1.03 bits per heavy atom. The highest BCUT2D eigenvalue weighted by Crippen LogP contribution is 2.26. The highest BCUT2D eigenvalue weighted by molar-refractivity contribution is 7.92. The molecule has 172 valence electrons. The van der Waals surface area contributed by atoms with Crippen LogP contribution in [0.2, 0.25) is 5.02 Å². The molecule has 4 rings (SSSR count). The highest BCUT2D eigenvalue weighted by Gasteiger charge is 2.19. The lowest BCUT2D eigenvalue weighted by molar-refractivity contribution is 0.0940. The summed E-state index contributed by atoms with van der Waals surface area (Å²) in [4.78, 5) is 12.8. The molecule has 7 heteroatoms. The number of nitrogens with zero attached hydrogens (tertiary/aromatic N) is 1. The van der Waals surface area contributed by atoms with E-state index in [1.165, 1.54) is 21.9 Å². The third-order valence-corrected chi connectivity index (χ3v) is 7.38. The lowest BCUT2D eigenvalue weighted by atomic mass is 10.0. The van der Waals surface area contributed by atoms with E-state index in [1.54, 1.807) is 48.5 Å². The first-order valence-electron chi connectivity index (χ1n) is 11.0. The van der Waals surface area contributed by atoms with Crippen LogP contribution in [0, 0.1) is 0 Å². The van der Waals surface area contributed by atoms with Gasteiger partial charge in [-0.1, -0.05) is 48.0 Å². The average Bonchev–Trinajstić information content (AvgIpc) is 3.25. The second-order valence-electron chi connectivity index (χ2n) is 8.52. The topological polar surface area (TPSA) is 66.5 Å². The maximum absolute atomic E-state index is 12.8. The van der Waals surface area contributed by atoms with Gasteiger partial charge >= 0.3 is 0 Å². The number of rotatable bonds is 7. The Hall–Kier alpha value is -2.83. The number of hydrogen-bond acceptors (Lipinski definition) is 3. The summed E-state index contributed by atoms with van der Waals surface area (Å²) in [6.45, 7) is 2.13. The van der Waals surface area contributed by atoms with Crippen molar-refractivity contribution in [2.45, 2.75) is 38.8 Å². The SMILES string of the molecule is C[C@@H](NC(=O)c1ccc(CN(c2cccc(Cl)c2)S(C)(=O)=O)cc1)c1ccc2c(c1)CCC2. The van der Waals surface area contributed by atoms with Gasteiger partial charge in [-0.25, -0.2) is 8.42 Å². The van der Waals surface area contributed by atoms with Crippen molar-refractivity contribution in [1.29, 1.82) is 0 Å². The number of benzene rings is 3. The van der Waals surface area contributed by atoms with E-state index in [9.17, 15) is 13.2 Å². The maximum Gasteiger partial charge on any atom is 0.251 e. The molecule has 0 aromatic heterocycles. The molecule has 3 aromatic carbocycles. The first-order chi connectivity index (χ1) is 15.7. The normalized spacial score (nSPS) is 13.9. The van der Waals surface area contributed by atoms with Gasteiger partial charge in [0.25, 0.3) is 5.91 Å². The summed E-state index contributed by atoms with van der Waals surface area (Å²) < 4.78 is 26.0. The van der Waals surface area contributed by atoms with Crippen molar-refractivity contribution in [1.82, 2.24) is 5.32 Å². The molecule has 0 heterocycles. The summed E-state index contributed by atoms with van der Waals surface area (Å²) in [5.74, 6) is -0.163. The van der Waals surface area contributed by atoms with Crippen molar-refractivity contribution < 1.29 is 13.2 Å². The second kappa shape index (κ2) is 9.57. The maximum atomic E-state index is 12.8. The molecule has 5 nitrogen and oxygen atoms in total. The van der Waals surface area contributed by atoms with E-state index < -0.39 is 10.0 Å². The average molecular weight is 483 g/mol. The van der Waals surface area contributed by atoms with Crippen LogP contribution < -0.4 is 9.62 Å². The molecule has 0 aliphatic heterocycles. The van der Waals surface area contributed by atoms with Crippen LogP contribution in [0.1, 0.15) is 52.0 Å². The van der Waals surface area contributed by atoms with Crippen molar-refractivity contribution >= 4 is 33.2 Å². The van der Waals surface area contributed by atoms with E-state index in [0.29, 0.717) is 16.3 Å². The summed E-state index contributed by atoms with van der Waals surface area (Å²) in [5, 5.41) is 3.52. The molecule has 1 N–H and O–H groups in total. The van der Waals surface area contributed by atoms with Gasteiger partial charge in [0.1, 0.15) is 0 Å². The van der Waals surface area contributed by atoms with Crippen molar-refractivity contribution in [3.05, 3.63) is 99.6 Å². The number of fused-ring (bicyclic) bond motifs is 1. The van der Waals surface area contributed by atoms with Crippen molar-refractivity contribution in [2.24, 2.45) is 0 Å². The standard InChI is InChI=1S/C26H27ClN2O3S/c1-18(22-14-13-20-5-3-6-23(20)15-22)28-26(30)21-11-9-19(10-12-21)17-29(33(2,31)32)25-8-4-7-24(27)16-25/h4,7-16,18H,3,5-6,17H2,1-2H3,(H,28,30)/t18-/m1/s1. The molecule has 0 fully saturated rings. The van der Waals surface area contributed by atoms with E-state index in [-0.39, 0.29) is 18.5 Å². The predicted molar refractivity (Wildman–Crippen MR) is 133 cm³/mol. The Morgan fingerprint density at radius 3 is 2.45 bits per heavy atom. The predicted octanol–water partition coefficient (Wildman–Crippen LogP) is 5.29. The molecular formula is C26H27ClN2O3S. The number of halogens is 1. The molecule has 0 saturated heterocycles. The van der Waals surface area contributed by atoms with Gasteiger partial charge in [0, 0.05) is 10.6 Å². The van der Waals surface area contributed by atoms with Crippen molar-refractivity contribution in [3.8, 4) is 0 Å². The van der Waals surface area contributed by atoms with Crippen LogP contribution >= 0.6 is 11.6 Å². The zero-order valence-corrected chi connectivity index (χ0v) is 20.3. The Morgan fingerprint density at radius 2 is 1.76 bits per heavy atom. The summed E-state index contributed by atoms with van der Waals surface area (Å²) in [6, 6.07) is 20.1. The van der Waals surface area contributed by atoms with Gasteiger partial charge < -0.3 is 5.32 Å². The van der Waals surface area contributed by atoms with Gasteiger partial charge in [-0.15, -0.1) is 0 Å².